The van der Waals surface area contributed by atoms with E-state index in [1.165, 1.54) is 10.6 Å². The standard InChI is InChI=1S/C27H26FN3O3.C2HF3O2/c1-18-25(21-13-7-8-14-22(21)28)26(32)31(17-23(29)19-10-4-3-5-11-19)27(33)30(18)16-20-12-6-9-15-24(20)34-2;3-2(4,5)1(6)7/h3-15,23H,16-17,29H2,1-2H3;(H,6,7)/t23-;/m0./s1. The smallest absolute Gasteiger partial charge is 0.490 e. The zero-order valence-electron chi connectivity index (χ0n) is 22.1. The van der Waals surface area contributed by atoms with Crippen LogP contribution in [0.4, 0.5) is 17.6 Å². The summed E-state index contributed by atoms with van der Waals surface area (Å²) in [6, 6.07) is 22.0. The predicted octanol–water partition coefficient (Wildman–Crippen LogP) is 4.51. The third-order valence-corrected chi connectivity index (χ3v) is 6.20. The number of nitrogens with two attached hydrogens (primary N) is 1. The van der Waals surface area contributed by atoms with Gasteiger partial charge in [0.05, 0.1) is 25.8 Å². The molecule has 0 fully saturated rings. The number of rotatable bonds is 7. The molecule has 4 aromatic rings. The van der Waals surface area contributed by atoms with Crippen molar-refractivity contribution in [2.75, 3.05) is 7.11 Å². The van der Waals surface area contributed by atoms with Crippen LogP contribution in [0.2, 0.25) is 0 Å². The van der Waals surface area contributed by atoms with E-state index in [0.717, 1.165) is 15.7 Å². The molecule has 41 heavy (non-hydrogen) atoms. The molecule has 1 atom stereocenters. The van der Waals surface area contributed by atoms with Crippen molar-refractivity contribution in [2.45, 2.75) is 32.2 Å². The maximum Gasteiger partial charge on any atom is 0.490 e. The average Bonchev–Trinajstić information content (AvgIpc) is 2.95. The van der Waals surface area contributed by atoms with Gasteiger partial charge in [0, 0.05) is 22.9 Å². The summed E-state index contributed by atoms with van der Waals surface area (Å²) >= 11 is 0. The molecule has 216 valence electrons. The van der Waals surface area contributed by atoms with Gasteiger partial charge in [-0.2, -0.15) is 13.2 Å². The zero-order valence-corrected chi connectivity index (χ0v) is 22.1. The summed E-state index contributed by atoms with van der Waals surface area (Å²) in [6.45, 7) is 1.76. The lowest BCUT2D eigenvalue weighted by Gasteiger charge is -2.20. The van der Waals surface area contributed by atoms with E-state index >= 15 is 0 Å². The molecule has 8 nitrogen and oxygen atoms in total. The van der Waals surface area contributed by atoms with Gasteiger partial charge < -0.3 is 15.6 Å². The van der Waals surface area contributed by atoms with Crippen molar-refractivity contribution in [2.24, 2.45) is 5.73 Å². The van der Waals surface area contributed by atoms with Crippen molar-refractivity contribution in [3.8, 4) is 16.9 Å². The summed E-state index contributed by atoms with van der Waals surface area (Å²) in [7, 11) is 1.55. The molecule has 0 spiro atoms. The molecule has 1 aromatic heterocycles. The molecule has 0 amide bonds. The van der Waals surface area contributed by atoms with Gasteiger partial charge in [-0.25, -0.2) is 14.0 Å². The first-order valence-electron chi connectivity index (χ1n) is 12.2. The number of aliphatic carboxylic acids is 1. The Hall–Kier alpha value is -4.71. The summed E-state index contributed by atoms with van der Waals surface area (Å²) in [5.74, 6) is -2.68. The molecule has 3 aromatic carbocycles. The van der Waals surface area contributed by atoms with Crippen LogP contribution in [-0.4, -0.2) is 33.5 Å². The number of halogens is 4. The summed E-state index contributed by atoms with van der Waals surface area (Å²) in [6.07, 6.45) is -5.08. The fourth-order valence-electron chi connectivity index (χ4n) is 4.13. The second kappa shape index (κ2) is 13.1. The number of carbonyl (C=O) groups is 1. The van der Waals surface area contributed by atoms with Crippen LogP contribution in [0, 0.1) is 12.7 Å². The topological polar surface area (TPSA) is 117 Å². The molecular formula is C29H27F4N3O5. The number of para-hydroxylation sites is 1. The molecule has 0 aliphatic carbocycles. The molecule has 4 rings (SSSR count). The Bertz CT molecular complexity index is 1630. The Morgan fingerprint density at radius 3 is 2.10 bits per heavy atom. The first kappa shape index (κ1) is 30.8. The molecule has 12 heteroatoms. The highest BCUT2D eigenvalue weighted by molar-refractivity contribution is 5.73. The van der Waals surface area contributed by atoms with Crippen LogP contribution in [0.25, 0.3) is 11.1 Å². The van der Waals surface area contributed by atoms with Gasteiger partial charge in [-0.05, 0) is 24.6 Å². The van der Waals surface area contributed by atoms with E-state index in [4.69, 9.17) is 20.4 Å². The second-order valence-electron chi connectivity index (χ2n) is 8.86. The summed E-state index contributed by atoms with van der Waals surface area (Å²) < 4.78 is 54.5. The molecule has 0 saturated heterocycles. The predicted molar refractivity (Wildman–Crippen MR) is 144 cm³/mol. The van der Waals surface area contributed by atoms with E-state index in [2.05, 4.69) is 0 Å². The Balaban J connectivity index is 0.000000587. The summed E-state index contributed by atoms with van der Waals surface area (Å²) in [4.78, 5) is 36.0. The Morgan fingerprint density at radius 2 is 1.51 bits per heavy atom. The summed E-state index contributed by atoms with van der Waals surface area (Å²) in [5.41, 5.74) is 7.47. The van der Waals surface area contributed by atoms with Gasteiger partial charge in [-0.1, -0.05) is 66.7 Å². The molecule has 0 bridgehead atoms. The number of alkyl halides is 3. The van der Waals surface area contributed by atoms with Gasteiger partial charge in [0.25, 0.3) is 5.56 Å². The van der Waals surface area contributed by atoms with Gasteiger partial charge in [0.2, 0.25) is 0 Å². The number of nitrogens with zero attached hydrogens (tertiary/aromatic N) is 2. The highest BCUT2D eigenvalue weighted by atomic mass is 19.4. The first-order chi connectivity index (χ1) is 19.4. The molecule has 0 unspecified atom stereocenters. The van der Waals surface area contributed by atoms with Crippen molar-refractivity contribution in [1.82, 2.24) is 9.13 Å². The number of ether oxygens (including phenoxy) is 1. The van der Waals surface area contributed by atoms with Crippen molar-refractivity contribution >= 4 is 5.97 Å². The number of benzene rings is 3. The van der Waals surface area contributed by atoms with Crippen LogP contribution in [0.3, 0.4) is 0 Å². The van der Waals surface area contributed by atoms with Crippen LogP contribution in [0.15, 0.2) is 88.5 Å². The van der Waals surface area contributed by atoms with Crippen LogP contribution < -0.4 is 21.7 Å². The number of aromatic nitrogens is 2. The highest BCUT2D eigenvalue weighted by Gasteiger charge is 2.38. The fourth-order valence-corrected chi connectivity index (χ4v) is 4.13. The van der Waals surface area contributed by atoms with Gasteiger partial charge in [-0.15, -0.1) is 0 Å². The number of methoxy groups -OCH3 is 1. The van der Waals surface area contributed by atoms with Crippen LogP contribution in [-0.2, 0) is 17.9 Å². The minimum Gasteiger partial charge on any atom is -0.496 e. The lowest BCUT2D eigenvalue weighted by molar-refractivity contribution is -0.192. The number of hydrogen-bond donors (Lipinski definition) is 2. The van der Waals surface area contributed by atoms with Crippen molar-refractivity contribution in [3.05, 3.63) is 122 Å². The maximum atomic E-state index is 14.8. The van der Waals surface area contributed by atoms with Crippen molar-refractivity contribution in [3.63, 3.8) is 0 Å². The third-order valence-electron chi connectivity index (χ3n) is 6.20. The maximum absolute atomic E-state index is 14.8. The van der Waals surface area contributed by atoms with Gasteiger partial charge >= 0.3 is 17.8 Å². The molecule has 0 radical (unpaired) electrons. The van der Waals surface area contributed by atoms with Crippen LogP contribution >= 0.6 is 0 Å². The van der Waals surface area contributed by atoms with E-state index < -0.39 is 35.3 Å². The van der Waals surface area contributed by atoms with E-state index in [-0.39, 0.29) is 24.2 Å². The molecular weight excluding hydrogens is 546 g/mol. The van der Waals surface area contributed by atoms with Gasteiger partial charge in [-0.3, -0.25) is 13.9 Å². The third kappa shape index (κ3) is 7.28. The van der Waals surface area contributed by atoms with Gasteiger partial charge in [0.1, 0.15) is 11.6 Å². The van der Waals surface area contributed by atoms with Crippen LogP contribution in [0.5, 0.6) is 5.75 Å². The highest BCUT2D eigenvalue weighted by Crippen LogP contribution is 2.24. The average molecular weight is 574 g/mol. The lowest BCUT2D eigenvalue weighted by Crippen LogP contribution is -2.44. The lowest BCUT2D eigenvalue weighted by atomic mass is 10.0. The van der Waals surface area contributed by atoms with E-state index in [9.17, 15) is 27.2 Å². The monoisotopic (exact) mass is 573 g/mol. The SMILES string of the molecule is COc1ccccc1Cn1c(C)c(-c2ccccc2F)c(=O)n(C[C@H](N)c2ccccc2)c1=O.O=C(O)C(F)(F)F. The normalized spacial score (nSPS) is 11.8. The fraction of sp³-hybridized carbons (Fsp3) is 0.207. The Kier molecular flexibility index (Phi) is 9.85. The Labute approximate surface area is 231 Å². The quantitative estimate of drug-likeness (QED) is 0.314. The summed E-state index contributed by atoms with van der Waals surface area (Å²) in [5, 5.41) is 7.12. The largest absolute Gasteiger partial charge is 0.496 e. The molecule has 3 N–H and O–H groups in total. The Morgan fingerprint density at radius 1 is 0.951 bits per heavy atom. The molecule has 0 aliphatic rings. The first-order valence-corrected chi connectivity index (χ1v) is 12.2. The van der Waals surface area contributed by atoms with Crippen molar-refractivity contribution in [1.29, 1.82) is 0 Å². The van der Waals surface area contributed by atoms with Gasteiger partial charge in [0.15, 0.2) is 0 Å². The van der Waals surface area contributed by atoms with E-state index in [1.54, 1.807) is 38.3 Å². The minimum atomic E-state index is -5.08. The second-order valence-corrected chi connectivity index (χ2v) is 8.86. The molecule has 1 heterocycles. The van der Waals surface area contributed by atoms with E-state index in [0.29, 0.717) is 11.4 Å². The number of carboxylic acid groups (broad SMARTS) is 1. The van der Waals surface area contributed by atoms with E-state index in [1.807, 2.05) is 48.5 Å². The number of hydrogen-bond acceptors (Lipinski definition) is 5. The minimum absolute atomic E-state index is 0.0463. The van der Waals surface area contributed by atoms with Crippen molar-refractivity contribution < 1.29 is 32.2 Å². The molecule has 0 saturated carbocycles. The molecule has 0 aliphatic heterocycles. The number of carboxylic acids is 1. The van der Waals surface area contributed by atoms with Crippen LogP contribution in [0.1, 0.15) is 22.9 Å². The zero-order chi connectivity index (χ0) is 30.3.